The van der Waals surface area contributed by atoms with Crippen LogP contribution in [0.4, 0.5) is 5.69 Å². The van der Waals surface area contributed by atoms with Crippen molar-refractivity contribution in [2.75, 3.05) is 19.8 Å². The van der Waals surface area contributed by atoms with Crippen LogP contribution in [0.25, 0.3) is 0 Å². The molecule has 0 N–H and O–H groups in total. The minimum atomic E-state index is -0.675. The SMILES string of the molecule is CC(COC1CCCCO1)C1C(C(C)OOC(=O)Cc2ccc([N+](=O)[O-])cc2)C(=O)N1C1CCCCO1. The second-order valence-electron chi connectivity index (χ2n) is 10.0. The molecular formula is C26H36N2O9. The van der Waals surface area contributed by atoms with E-state index in [0.717, 1.165) is 38.5 Å². The van der Waals surface area contributed by atoms with E-state index in [1.807, 2.05) is 6.92 Å². The molecule has 0 saturated carbocycles. The molecule has 0 bridgehead atoms. The molecule has 3 heterocycles. The zero-order chi connectivity index (χ0) is 26.4. The van der Waals surface area contributed by atoms with Crippen molar-refractivity contribution in [3.05, 3.63) is 39.9 Å². The first-order valence-corrected chi connectivity index (χ1v) is 13.1. The minimum absolute atomic E-state index is 0.0133. The van der Waals surface area contributed by atoms with Gasteiger partial charge in [0.05, 0.1) is 29.9 Å². The second kappa shape index (κ2) is 12.8. The monoisotopic (exact) mass is 520 g/mol. The molecule has 4 rings (SSSR count). The predicted octanol–water partition coefficient (Wildman–Crippen LogP) is 3.53. The van der Waals surface area contributed by atoms with Gasteiger partial charge in [-0.1, -0.05) is 19.1 Å². The maximum atomic E-state index is 13.3. The van der Waals surface area contributed by atoms with Crippen molar-refractivity contribution < 1.29 is 38.5 Å². The summed E-state index contributed by atoms with van der Waals surface area (Å²) in [6.45, 7) is 5.50. The molecule has 3 fully saturated rings. The highest BCUT2D eigenvalue weighted by Gasteiger charge is 2.56. The average Bonchev–Trinajstić information content (AvgIpc) is 2.90. The number of β-lactam (4-membered cyclic amide) rings is 1. The number of nitro groups is 1. The van der Waals surface area contributed by atoms with E-state index in [4.69, 9.17) is 24.0 Å². The van der Waals surface area contributed by atoms with Gasteiger partial charge in [-0.15, -0.1) is 0 Å². The summed E-state index contributed by atoms with van der Waals surface area (Å²) in [5, 5.41) is 10.8. The number of nitro benzene ring substituents is 1. The highest BCUT2D eigenvalue weighted by molar-refractivity contribution is 5.87. The van der Waals surface area contributed by atoms with Gasteiger partial charge in [-0.2, -0.15) is 4.89 Å². The van der Waals surface area contributed by atoms with Crippen LogP contribution in [0.5, 0.6) is 0 Å². The molecule has 204 valence electrons. The molecule has 1 aromatic rings. The Hall–Kier alpha value is -2.60. The van der Waals surface area contributed by atoms with Crippen LogP contribution in [0, 0.1) is 22.0 Å². The molecule has 3 aliphatic heterocycles. The summed E-state index contributed by atoms with van der Waals surface area (Å²) in [6.07, 6.45) is 4.46. The van der Waals surface area contributed by atoms with Crippen molar-refractivity contribution in [2.24, 2.45) is 11.8 Å². The third-order valence-corrected chi connectivity index (χ3v) is 7.25. The molecule has 0 aliphatic carbocycles. The number of ether oxygens (including phenoxy) is 3. The first kappa shape index (κ1) is 27.4. The van der Waals surface area contributed by atoms with Gasteiger partial charge in [0.15, 0.2) is 6.29 Å². The van der Waals surface area contributed by atoms with Gasteiger partial charge < -0.3 is 19.1 Å². The molecule has 1 amide bonds. The maximum absolute atomic E-state index is 13.3. The molecule has 0 spiro atoms. The summed E-state index contributed by atoms with van der Waals surface area (Å²) < 4.78 is 17.6. The van der Waals surface area contributed by atoms with Gasteiger partial charge in [-0.25, -0.2) is 4.79 Å². The number of carbonyl (C=O) groups excluding carboxylic acids is 2. The molecule has 11 nitrogen and oxygen atoms in total. The lowest BCUT2D eigenvalue weighted by Gasteiger charge is -2.54. The van der Waals surface area contributed by atoms with E-state index in [1.165, 1.54) is 24.3 Å². The Bertz CT molecular complexity index is 928. The van der Waals surface area contributed by atoms with Crippen LogP contribution in [0.1, 0.15) is 57.9 Å². The third-order valence-electron chi connectivity index (χ3n) is 7.25. The Morgan fingerprint density at radius 1 is 1.11 bits per heavy atom. The highest BCUT2D eigenvalue weighted by Crippen LogP contribution is 2.40. The van der Waals surface area contributed by atoms with E-state index in [-0.39, 0.29) is 42.5 Å². The van der Waals surface area contributed by atoms with Gasteiger partial charge in [0.25, 0.3) is 5.69 Å². The van der Waals surface area contributed by atoms with E-state index in [2.05, 4.69) is 0 Å². The Balaban J connectivity index is 1.34. The molecule has 11 heteroatoms. The third kappa shape index (κ3) is 6.84. The molecular weight excluding hydrogens is 484 g/mol. The van der Waals surface area contributed by atoms with Crippen LogP contribution in [-0.2, 0) is 40.0 Å². The van der Waals surface area contributed by atoms with Crippen LogP contribution in [0.2, 0.25) is 0 Å². The Morgan fingerprint density at radius 2 is 1.81 bits per heavy atom. The minimum Gasteiger partial charge on any atom is -0.358 e. The molecule has 1 aromatic carbocycles. The number of benzene rings is 1. The Labute approximate surface area is 216 Å². The molecule has 0 radical (unpaired) electrons. The van der Waals surface area contributed by atoms with E-state index < -0.39 is 22.9 Å². The first-order chi connectivity index (χ1) is 17.8. The smallest absolute Gasteiger partial charge is 0.346 e. The van der Waals surface area contributed by atoms with Crippen molar-refractivity contribution in [3.63, 3.8) is 0 Å². The number of rotatable bonds is 11. The fourth-order valence-electron chi connectivity index (χ4n) is 5.26. The molecule has 37 heavy (non-hydrogen) atoms. The predicted molar refractivity (Wildman–Crippen MR) is 130 cm³/mol. The molecule has 0 aromatic heterocycles. The standard InChI is InChI=1S/C26H36N2O9/c1-17(16-35-23-8-4-6-14-34-23)25-24(26(30)27(25)21-7-3-5-13-33-21)18(2)36-37-22(29)15-19-9-11-20(12-10-19)28(31)32/h9-12,17-18,21,23-25H,3-8,13-16H2,1-2H3. The fraction of sp³-hybridized carbons (Fsp3) is 0.692. The zero-order valence-electron chi connectivity index (χ0n) is 21.4. The summed E-state index contributed by atoms with van der Waals surface area (Å²) in [5.74, 6) is -1.26. The zero-order valence-corrected chi connectivity index (χ0v) is 21.4. The number of hydrogen-bond donors (Lipinski definition) is 0. The van der Waals surface area contributed by atoms with E-state index in [1.54, 1.807) is 11.8 Å². The van der Waals surface area contributed by atoms with Crippen LogP contribution >= 0.6 is 0 Å². The van der Waals surface area contributed by atoms with Crippen molar-refractivity contribution >= 4 is 17.6 Å². The maximum Gasteiger partial charge on any atom is 0.346 e. The van der Waals surface area contributed by atoms with Gasteiger partial charge in [-0.05, 0) is 51.0 Å². The average molecular weight is 521 g/mol. The van der Waals surface area contributed by atoms with Crippen LogP contribution < -0.4 is 0 Å². The summed E-state index contributed by atoms with van der Waals surface area (Å²) in [7, 11) is 0. The Kier molecular flexibility index (Phi) is 9.47. The lowest BCUT2D eigenvalue weighted by molar-refractivity contribution is -0.384. The highest BCUT2D eigenvalue weighted by atomic mass is 17.2. The topological polar surface area (TPSA) is 127 Å². The molecule has 6 atom stereocenters. The lowest BCUT2D eigenvalue weighted by atomic mass is 9.76. The van der Waals surface area contributed by atoms with Gasteiger partial charge in [-0.3, -0.25) is 19.8 Å². The van der Waals surface area contributed by atoms with Gasteiger partial charge >= 0.3 is 5.97 Å². The van der Waals surface area contributed by atoms with Gasteiger partial charge in [0, 0.05) is 31.3 Å². The van der Waals surface area contributed by atoms with E-state index in [0.29, 0.717) is 25.4 Å². The fourth-order valence-corrected chi connectivity index (χ4v) is 5.26. The number of likely N-dealkylation sites (tertiary alicyclic amines) is 1. The van der Waals surface area contributed by atoms with Gasteiger partial charge in [0.1, 0.15) is 12.3 Å². The first-order valence-electron chi connectivity index (χ1n) is 13.1. The van der Waals surface area contributed by atoms with Crippen LogP contribution in [-0.4, -0.2) is 66.2 Å². The summed E-state index contributed by atoms with van der Waals surface area (Å²) in [6, 6.07) is 5.45. The summed E-state index contributed by atoms with van der Waals surface area (Å²) >= 11 is 0. The number of carbonyl (C=O) groups is 2. The summed E-state index contributed by atoms with van der Waals surface area (Å²) in [5.41, 5.74) is 0.497. The second-order valence-corrected chi connectivity index (χ2v) is 10.0. The van der Waals surface area contributed by atoms with Crippen LogP contribution in [0.15, 0.2) is 24.3 Å². The van der Waals surface area contributed by atoms with Crippen molar-refractivity contribution in [1.82, 2.24) is 4.90 Å². The van der Waals surface area contributed by atoms with Crippen molar-refractivity contribution in [3.8, 4) is 0 Å². The summed E-state index contributed by atoms with van der Waals surface area (Å²) in [4.78, 5) is 48.1. The van der Waals surface area contributed by atoms with E-state index >= 15 is 0 Å². The van der Waals surface area contributed by atoms with Gasteiger partial charge in [0.2, 0.25) is 5.91 Å². The molecule has 6 unspecified atom stereocenters. The molecule has 3 aliphatic rings. The lowest BCUT2D eigenvalue weighted by Crippen LogP contribution is -2.70. The van der Waals surface area contributed by atoms with E-state index in [9.17, 15) is 19.7 Å². The van der Waals surface area contributed by atoms with Crippen molar-refractivity contribution in [1.29, 1.82) is 0 Å². The normalized spacial score (nSPS) is 27.7. The van der Waals surface area contributed by atoms with Crippen LogP contribution in [0.3, 0.4) is 0 Å². The number of non-ortho nitro benzene ring substituents is 1. The Morgan fingerprint density at radius 3 is 2.43 bits per heavy atom. The number of amides is 1. The molecule has 3 saturated heterocycles. The van der Waals surface area contributed by atoms with Crippen molar-refractivity contribution in [2.45, 2.75) is 83.5 Å². The number of nitrogens with zero attached hydrogens (tertiary/aromatic N) is 2. The number of hydrogen-bond acceptors (Lipinski definition) is 9. The largest absolute Gasteiger partial charge is 0.358 e. The quantitative estimate of drug-likeness (QED) is 0.186.